The van der Waals surface area contributed by atoms with Crippen molar-refractivity contribution in [1.82, 2.24) is 0 Å². The van der Waals surface area contributed by atoms with Crippen LogP contribution in [0.25, 0.3) is 0 Å². The first-order valence-corrected chi connectivity index (χ1v) is 2.11. The molecule has 6 heavy (non-hydrogen) atoms. The molecule has 0 aromatic heterocycles. The van der Waals surface area contributed by atoms with Crippen LogP contribution in [0.5, 0.6) is 0 Å². The Kier molecular flexibility index (Phi) is 0.783. The molecule has 2 nitrogen and oxygen atoms in total. The molecule has 1 saturated carbocycles. The Hall–Kier alpha value is -0.530. The summed E-state index contributed by atoms with van der Waals surface area (Å²) in [6, 6.07) is 0. The largest absolute Gasteiger partial charge is 0.411 e. The quantitative estimate of drug-likeness (QED) is 0.286. The molecule has 0 radical (unpaired) electrons. The van der Waals surface area contributed by atoms with Gasteiger partial charge in [0.15, 0.2) is 0 Å². The molecule has 0 aromatic rings. The van der Waals surface area contributed by atoms with E-state index >= 15 is 0 Å². The molecule has 2 heteroatoms. The highest BCUT2D eigenvalue weighted by molar-refractivity contribution is 5.62. The first-order valence-electron chi connectivity index (χ1n) is 2.11. The summed E-state index contributed by atoms with van der Waals surface area (Å²) in [7, 11) is 0. The van der Waals surface area contributed by atoms with Crippen molar-refractivity contribution < 1.29 is 5.21 Å². The lowest BCUT2D eigenvalue weighted by Gasteiger charge is -1.68. The van der Waals surface area contributed by atoms with E-state index in [0.717, 1.165) is 0 Å². The standard InChI is InChI=1S/C4H7NO/c6-5-3-4-1-2-4/h3-4,6H,1-2H2. The van der Waals surface area contributed by atoms with E-state index in [9.17, 15) is 0 Å². The molecule has 0 saturated heterocycles. The molecule has 1 aliphatic rings. The molecule has 0 amide bonds. The second-order valence-electron chi connectivity index (χ2n) is 1.60. The average molecular weight is 85.1 g/mol. The molecule has 0 unspecified atom stereocenters. The van der Waals surface area contributed by atoms with Gasteiger partial charge in [-0.15, -0.1) is 5.16 Å². The molecule has 1 N–H and O–H groups in total. The monoisotopic (exact) mass is 85.1 g/mol. The van der Waals surface area contributed by atoms with Crippen molar-refractivity contribution in [2.45, 2.75) is 12.8 Å². The molecule has 0 spiro atoms. The Morgan fingerprint density at radius 1 is 1.67 bits per heavy atom. The molecule has 1 fully saturated rings. The number of rotatable bonds is 1. The zero-order chi connectivity index (χ0) is 4.41. The SMILES string of the molecule is ON=CC1CC1. The van der Waals surface area contributed by atoms with Crippen LogP contribution < -0.4 is 0 Å². The van der Waals surface area contributed by atoms with Crippen LogP contribution in [0.3, 0.4) is 0 Å². The summed E-state index contributed by atoms with van der Waals surface area (Å²) in [6.45, 7) is 0. The molecule has 0 bridgehead atoms. The lowest BCUT2D eigenvalue weighted by atomic mass is 10.5. The first kappa shape index (κ1) is 3.65. The van der Waals surface area contributed by atoms with Crippen molar-refractivity contribution in [3.05, 3.63) is 0 Å². The number of nitrogens with zero attached hydrogens (tertiary/aromatic N) is 1. The second kappa shape index (κ2) is 1.29. The summed E-state index contributed by atoms with van der Waals surface area (Å²) < 4.78 is 0. The van der Waals surface area contributed by atoms with E-state index in [0.29, 0.717) is 5.92 Å². The highest BCUT2D eigenvalue weighted by atomic mass is 16.4. The van der Waals surface area contributed by atoms with Gasteiger partial charge in [-0.05, 0) is 18.8 Å². The molecule has 0 aromatic carbocycles. The number of hydrogen-bond donors (Lipinski definition) is 1. The van der Waals surface area contributed by atoms with Gasteiger partial charge in [0, 0.05) is 6.21 Å². The van der Waals surface area contributed by atoms with Crippen LogP contribution in [0.1, 0.15) is 12.8 Å². The fraction of sp³-hybridized carbons (Fsp3) is 0.750. The summed E-state index contributed by atoms with van der Waals surface area (Å²) in [5.74, 6) is 0.606. The maximum atomic E-state index is 7.85. The third-order valence-corrected chi connectivity index (χ3v) is 0.899. The van der Waals surface area contributed by atoms with Crippen LogP contribution >= 0.6 is 0 Å². The predicted molar refractivity (Wildman–Crippen MR) is 23.0 cm³/mol. The van der Waals surface area contributed by atoms with Gasteiger partial charge >= 0.3 is 0 Å². The Morgan fingerprint density at radius 2 is 2.33 bits per heavy atom. The zero-order valence-electron chi connectivity index (χ0n) is 3.46. The van der Waals surface area contributed by atoms with Crippen molar-refractivity contribution in [3.8, 4) is 0 Å². The van der Waals surface area contributed by atoms with Crippen LogP contribution in [0.4, 0.5) is 0 Å². The fourth-order valence-corrected chi connectivity index (χ4v) is 0.340. The van der Waals surface area contributed by atoms with Gasteiger partial charge in [-0.2, -0.15) is 0 Å². The summed E-state index contributed by atoms with van der Waals surface area (Å²) in [4.78, 5) is 0. The zero-order valence-corrected chi connectivity index (χ0v) is 3.46. The normalized spacial score (nSPS) is 22.7. The van der Waals surface area contributed by atoms with E-state index in [2.05, 4.69) is 5.16 Å². The fourth-order valence-electron chi connectivity index (χ4n) is 0.340. The van der Waals surface area contributed by atoms with Gasteiger partial charge in [0.1, 0.15) is 0 Å². The second-order valence-corrected chi connectivity index (χ2v) is 1.60. The van der Waals surface area contributed by atoms with Crippen LogP contribution in [0.15, 0.2) is 5.16 Å². The van der Waals surface area contributed by atoms with Gasteiger partial charge in [0.05, 0.1) is 0 Å². The maximum absolute atomic E-state index is 7.85. The Morgan fingerprint density at radius 3 is 2.50 bits per heavy atom. The van der Waals surface area contributed by atoms with Gasteiger partial charge in [-0.3, -0.25) is 0 Å². The third-order valence-electron chi connectivity index (χ3n) is 0.899. The van der Waals surface area contributed by atoms with Gasteiger partial charge in [0.2, 0.25) is 0 Å². The van der Waals surface area contributed by atoms with Gasteiger partial charge in [0.25, 0.3) is 0 Å². The maximum Gasteiger partial charge on any atom is 0.0466 e. The predicted octanol–water partition coefficient (Wildman–Crippen LogP) is 0.856. The van der Waals surface area contributed by atoms with Crippen molar-refractivity contribution in [2.75, 3.05) is 0 Å². The van der Waals surface area contributed by atoms with E-state index in [1.807, 2.05) is 0 Å². The number of oxime groups is 1. The smallest absolute Gasteiger partial charge is 0.0466 e. The summed E-state index contributed by atoms with van der Waals surface area (Å²) in [6.07, 6.45) is 4.01. The highest BCUT2D eigenvalue weighted by Crippen LogP contribution is 2.25. The lowest BCUT2D eigenvalue weighted by Crippen LogP contribution is -1.70. The molecule has 0 atom stereocenters. The minimum Gasteiger partial charge on any atom is -0.411 e. The minimum atomic E-state index is 0.606. The molecular weight excluding hydrogens is 78.0 g/mol. The summed E-state index contributed by atoms with van der Waals surface area (Å²) in [5, 5.41) is 10.7. The molecule has 0 aliphatic heterocycles. The molecule has 1 aliphatic carbocycles. The van der Waals surface area contributed by atoms with Crippen LogP contribution in [-0.4, -0.2) is 11.4 Å². The third kappa shape index (κ3) is 0.708. The topological polar surface area (TPSA) is 32.6 Å². The van der Waals surface area contributed by atoms with Crippen molar-refractivity contribution in [3.63, 3.8) is 0 Å². The van der Waals surface area contributed by atoms with E-state index in [1.165, 1.54) is 12.8 Å². The minimum absolute atomic E-state index is 0.606. The number of hydrogen-bond acceptors (Lipinski definition) is 2. The molecular formula is C4H7NO. The molecule has 34 valence electrons. The Labute approximate surface area is 36.5 Å². The average Bonchev–Trinajstić information content (AvgIpc) is 2.21. The van der Waals surface area contributed by atoms with E-state index < -0.39 is 0 Å². The van der Waals surface area contributed by atoms with Crippen LogP contribution in [0.2, 0.25) is 0 Å². The van der Waals surface area contributed by atoms with Gasteiger partial charge < -0.3 is 5.21 Å². The van der Waals surface area contributed by atoms with E-state index in [4.69, 9.17) is 5.21 Å². The molecule has 1 rings (SSSR count). The first-order chi connectivity index (χ1) is 2.93. The summed E-state index contributed by atoms with van der Waals surface area (Å²) in [5.41, 5.74) is 0. The Bertz CT molecular complexity index is 65.9. The van der Waals surface area contributed by atoms with Crippen molar-refractivity contribution in [1.29, 1.82) is 0 Å². The van der Waals surface area contributed by atoms with Gasteiger partial charge in [-0.1, -0.05) is 0 Å². The van der Waals surface area contributed by atoms with Crippen LogP contribution in [-0.2, 0) is 0 Å². The van der Waals surface area contributed by atoms with Crippen molar-refractivity contribution >= 4 is 6.21 Å². The lowest BCUT2D eigenvalue weighted by molar-refractivity contribution is 0.320. The van der Waals surface area contributed by atoms with Gasteiger partial charge in [-0.25, -0.2) is 0 Å². The van der Waals surface area contributed by atoms with Crippen LogP contribution in [0, 0.1) is 5.92 Å². The van der Waals surface area contributed by atoms with Crippen molar-refractivity contribution in [2.24, 2.45) is 11.1 Å². The molecule has 0 heterocycles. The highest BCUT2D eigenvalue weighted by Gasteiger charge is 2.18. The summed E-state index contributed by atoms with van der Waals surface area (Å²) >= 11 is 0. The van der Waals surface area contributed by atoms with E-state index in [1.54, 1.807) is 6.21 Å². The van der Waals surface area contributed by atoms with E-state index in [-0.39, 0.29) is 0 Å². The Balaban J connectivity index is 2.15.